The van der Waals surface area contributed by atoms with E-state index in [0.29, 0.717) is 6.54 Å². The van der Waals surface area contributed by atoms with E-state index in [1.807, 2.05) is 30.5 Å². The van der Waals surface area contributed by atoms with Crippen molar-refractivity contribution < 1.29 is 9.53 Å². The number of carbonyl (C=O) groups excluding carboxylic acids is 1. The van der Waals surface area contributed by atoms with Crippen LogP contribution in [0.5, 0.6) is 5.75 Å². The van der Waals surface area contributed by atoms with Gasteiger partial charge in [0.15, 0.2) is 0 Å². The van der Waals surface area contributed by atoms with E-state index < -0.39 is 0 Å². The molecule has 0 radical (unpaired) electrons. The lowest BCUT2D eigenvalue weighted by molar-refractivity contribution is -0.00969. The van der Waals surface area contributed by atoms with Crippen molar-refractivity contribution in [1.29, 1.82) is 0 Å². The molecule has 3 aromatic heterocycles. The summed E-state index contributed by atoms with van der Waals surface area (Å²) in [5.74, 6) is 0.928. The minimum Gasteiger partial charge on any atom is -0.497 e. The summed E-state index contributed by atoms with van der Waals surface area (Å²) in [6, 6.07) is 12.1. The monoisotopic (exact) mass is 507 g/mol. The first-order chi connectivity index (χ1) is 15.6. The van der Waals surface area contributed by atoms with Crippen LogP contribution in [0.15, 0.2) is 58.6 Å². The molecule has 0 N–H and O–H groups in total. The van der Waals surface area contributed by atoms with E-state index in [9.17, 15) is 4.79 Å². The van der Waals surface area contributed by atoms with Gasteiger partial charge < -0.3 is 14.2 Å². The Bertz CT molecular complexity index is 1340. The third kappa shape index (κ3) is 2.94. The lowest BCUT2D eigenvalue weighted by atomic mass is 9.73. The molecule has 4 heterocycles. The molecule has 162 valence electrons. The first kappa shape index (κ1) is 20.0. The number of pyridine rings is 1. The zero-order chi connectivity index (χ0) is 21.9. The molecular formula is C25H22BrN3O2S. The van der Waals surface area contributed by atoms with E-state index in [4.69, 9.17) is 4.74 Å². The number of halogens is 1. The molecule has 7 heteroatoms. The maximum Gasteiger partial charge on any atom is 0.272 e. The zero-order valence-corrected chi connectivity index (χ0v) is 20.1. The van der Waals surface area contributed by atoms with Crippen molar-refractivity contribution >= 4 is 43.4 Å². The summed E-state index contributed by atoms with van der Waals surface area (Å²) in [5.41, 5.74) is 4.94. The normalized spacial score (nSPS) is 16.9. The fraction of sp³-hybridized carbons (Fsp3) is 0.280. The number of benzene rings is 1. The van der Waals surface area contributed by atoms with Crippen molar-refractivity contribution in [2.75, 3.05) is 7.11 Å². The molecule has 1 saturated carbocycles. The van der Waals surface area contributed by atoms with Crippen molar-refractivity contribution in [1.82, 2.24) is 14.5 Å². The van der Waals surface area contributed by atoms with Crippen LogP contribution in [0.3, 0.4) is 0 Å². The van der Waals surface area contributed by atoms with Gasteiger partial charge >= 0.3 is 0 Å². The standard InChI is InChI=1S/C25H22BrN3O2S/c1-31-17-5-3-16(4-6-17)13-29-24(30)22-21(26)19(14-28(22)15-25(29)9-2-10-25)18-7-11-27-20-8-12-32-23(18)20/h3-8,11-12,14H,2,9-10,13,15H2,1H3. The Morgan fingerprint density at radius 3 is 2.69 bits per heavy atom. The molecule has 1 aliphatic carbocycles. The second-order valence-electron chi connectivity index (χ2n) is 8.64. The number of fused-ring (bicyclic) bond motifs is 2. The van der Waals surface area contributed by atoms with Gasteiger partial charge in [0.1, 0.15) is 11.4 Å². The highest BCUT2D eigenvalue weighted by Crippen LogP contribution is 2.47. The lowest BCUT2D eigenvalue weighted by Gasteiger charge is -2.53. The summed E-state index contributed by atoms with van der Waals surface area (Å²) in [6.07, 6.45) is 7.25. The molecule has 1 aliphatic heterocycles. The van der Waals surface area contributed by atoms with E-state index in [2.05, 4.69) is 54.1 Å². The van der Waals surface area contributed by atoms with E-state index in [-0.39, 0.29) is 11.4 Å². The SMILES string of the molecule is COc1ccc(CN2C(=O)c3c(Br)c(-c4ccnc5ccsc45)cn3CC23CCC3)cc1. The summed E-state index contributed by atoms with van der Waals surface area (Å²) in [4.78, 5) is 20.5. The van der Waals surface area contributed by atoms with Crippen LogP contribution in [0.2, 0.25) is 0 Å². The second-order valence-corrected chi connectivity index (χ2v) is 10.4. The van der Waals surface area contributed by atoms with Crippen molar-refractivity contribution in [3.05, 3.63) is 69.9 Å². The fourth-order valence-electron chi connectivity index (χ4n) is 5.06. The summed E-state index contributed by atoms with van der Waals surface area (Å²) in [6.45, 7) is 1.45. The number of aromatic nitrogens is 2. The molecule has 1 fully saturated rings. The van der Waals surface area contributed by atoms with E-state index in [1.165, 1.54) is 0 Å². The van der Waals surface area contributed by atoms with Crippen molar-refractivity contribution in [2.24, 2.45) is 0 Å². The number of nitrogens with zero attached hydrogens (tertiary/aromatic N) is 3. The second kappa shape index (κ2) is 7.46. The van der Waals surface area contributed by atoms with Gasteiger partial charge in [-0.05, 0) is 70.4 Å². The average molecular weight is 508 g/mol. The maximum atomic E-state index is 13.9. The molecule has 1 aromatic carbocycles. The molecule has 1 amide bonds. The Hall–Kier alpha value is -2.64. The Morgan fingerprint density at radius 1 is 1.16 bits per heavy atom. The zero-order valence-electron chi connectivity index (χ0n) is 17.7. The smallest absolute Gasteiger partial charge is 0.272 e. The van der Waals surface area contributed by atoms with Gasteiger partial charge in [0.25, 0.3) is 5.91 Å². The third-order valence-electron chi connectivity index (χ3n) is 6.92. The molecule has 6 rings (SSSR count). The Labute approximate surface area is 198 Å². The number of methoxy groups -OCH3 is 1. The number of thiophene rings is 1. The van der Waals surface area contributed by atoms with Gasteiger partial charge in [-0.1, -0.05) is 12.1 Å². The minimum atomic E-state index is -0.101. The van der Waals surface area contributed by atoms with E-state index in [1.54, 1.807) is 18.4 Å². The van der Waals surface area contributed by atoms with Gasteiger partial charge in [-0.15, -0.1) is 11.3 Å². The van der Waals surface area contributed by atoms with E-state index in [0.717, 1.165) is 68.6 Å². The van der Waals surface area contributed by atoms with Crippen LogP contribution in [0.25, 0.3) is 21.3 Å². The minimum absolute atomic E-state index is 0.0985. The quantitative estimate of drug-likeness (QED) is 0.334. The predicted octanol–water partition coefficient (Wildman–Crippen LogP) is 6.11. The fourth-order valence-corrected chi connectivity index (χ4v) is 6.65. The first-order valence-corrected chi connectivity index (χ1v) is 12.4. The van der Waals surface area contributed by atoms with Crippen LogP contribution in [0.4, 0.5) is 0 Å². The number of hydrogen-bond acceptors (Lipinski definition) is 4. The van der Waals surface area contributed by atoms with Gasteiger partial charge in [-0.2, -0.15) is 0 Å². The van der Waals surface area contributed by atoms with Gasteiger partial charge in [0.2, 0.25) is 0 Å². The van der Waals surface area contributed by atoms with Gasteiger partial charge in [0, 0.05) is 36.6 Å². The van der Waals surface area contributed by atoms with Gasteiger partial charge in [-0.3, -0.25) is 9.78 Å². The Morgan fingerprint density at radius 2 is 1.97 bits per heavy atom. The average Bonchev–Trinajstić information content (AvgIpc) is 3.39. The van der Waals surface area contributed by atoms with Crippen LogP contribution >= 0.6 is 27.3 Å². The number of amides is 1. The van der Waals surface area contributed by atoms with Crippen LogP contribution in [-0.2, 0) is 13.1 Å². The van der Waals surface area contributed by atoms with Crippen molar-refractivity contribution in [3.8, 4) is 16.9 Å². The topological polar surface area (TPSA) is 47.4 Å². The van der Waals surface area contributed by atoms with Crippen LogP contribution in [0, 0.1) is 0 Å². The number of rotatable bonds is 4. The molecular weight excluding hydrogens is 486 g/mol. The summed E-state index contributed by atoms with van der Waals surface area (Å²) < 4.78 is 9.49. The number of hydrogen-bond donors (Lipinski definition) is 0. The van der Waals surface area contributed by atoms with Crippen molar-refractivity contribution in [3.63, 3.8) is 0 Å². The molecule has 0 bridgehead atoms. The molecule has 32 heavy (non-hydrogen) atoms. The van der Waals surface area contributed by atoms with Crippen LogP contribution in [-0.4, -0.2) is 33.0 Å². The number of carbonyl (C=O) groups is 1. The summed E-state index contributed by atoms with van der Waals surface area (Å²) in [5, 5.41) is 2.07. The molecule has 5 nitrogen and oxygen atoms in total. The van der Waals surface area contributed by atoms with Crippen LogP contribution < -0.4 is 4.74 Å². The van der Waals surface area contributed by atoms with Gasteiger partial charge in [-0.25, -0.2) is 0 Å². The predicted molar refractivity (Wildman–Crippen MR) is 130 cm³/mol. The Balaban J connectivity index is 1.42. The molecule has 2 aliphatic rings. The van der Waals surface area contributed by atoms with E-state index >= 15 is 0 Å². The van der Waals surface area contributed by atoms with Gasteiger partial charge in [0.05, 0.1) is 27.3 Å². The highest BCUT2D eigenvalue weighted by Gasteiger charge is 2.49. The molecule has 1 spiro atoms. The molecule has 0 saturated heterocycles. The highest BCUT2D eigenvalue weighted by molar-refractivity contribution is 9.10. The highest BCUT2D eigenvalue weighted by atomic mass is 79.9. The molecule has 4 aromatic rings. The third-order valence-corrected chi connectivity index (χ3v) is 8.66. The largest absolute Gasteiger partial charge is 0.497 e. The Kier molecular flexibility index (Phi) is 4.66. The maximum absolute atomic E-state index is 13.9. The summed E-state index contributed by atoms with van der Waals surface area (Å²) >= 11 is 5.48. The van der Waals surface area contributed by atoms with Crippen LogP contribution in [0.1, 0.15) is 35.3 Å². The van der Waals surface area contributed by atoms with Crippen molar-refractivity contribution in [2.45, 2.75) is 37.9 Å². The lowest BCUT2D eigenvalue weighted by Crippen LogP contribution is -2.61. The summed E-state index contributed by atoms with van der Waals surface area (Å²) in [7, 11) is 1.67. The first-order valence-electron chi connectivity index (χ1n) is 10.8. The molecule has 0 unspecified atom stereocenters. The molecule has 0 atom stereocenters. The number of ether oxygens (including phenoxy) is 1.